The molecule has 0 aromatic rings. The minimum atomic E-state index is -0.710. The summed E-state index contributed by atoms with van der Waals surface area (Å²) < 4.78 is 0. The number of likely N-dealkylation sites (N-methyl/N-ethyl adjacent to an activating group) is 1. The Morgan fingerprint density at radius 2 is 2.00 bits per heavy atom. The molecule has 0 unspecified atom stereocenters. The summed E-state index contributed by atoms with van der Waals surface area (Å²) in [5.74, 6) is 0.620. The second-order valence-electron chi connectivity index (χ2n) is 6.09. The van der Waals surface area contributed by atoms with Gasteiger partial charge in [0.1, 0.15) is 5.54 Å². The summed E-state index contributed by atoms with van der Waals surface area (Å²) in [6.07, 6.45) is 2.26. The Kier molecular flexibility index (Phi) is 4.96. The fourth-order valence-corrected chi connectivity index (χ4v) is 3.98. The van der Waals surface area contributed by atoms with E-state index in [0.29, 0.717) is 24.1 Å². The Bertz CT molecular complexity index is 381. The smallest absolute Gasteiger partial charge is 0.247 e. The van der Waals surface area contributed by atoms with Gasteiger partial charge < -0.3 is 15.1 Å². The maximum absolute atomic E-state index is 12.4. The molecule has 5 nitrogen and oxygen atoms in total. The third kappa shape index (κ3) is 3.28. The summed E-state index contributed by atoms with van der Waals surface area (Å²) >= 11 is 1.75. The molecule has 2 rings (SSSR count). The van der Waals surface area contributed by atoms with E-state index >= 15 is 0 Å². The first kappa shape index (κ1) is 15.6. The summed E-state index contributed by atoms with van der Waals surface area (Å²) in [5.41, 5.74) is -0.710. The molecule has 114 valence electrons. The fourth-order valence-electron chi connectivity index (χ4n) is 2.88. The maximum Gasteiger partial charge on any atom is 0.247 e. The zero-order valence-electron chi connectivity index (χ0n) is 12.6. The predicted octanol–water partition coefficient (Wildman–Crippen LogP) is 0.551. The first-order valence-corrected chi connectivity index (χ1v) is 8.36. The van der Waals surface area contributed by atoms with E-state index in [0.717, 1.165) is 25.9 Å². The van der Waals surface area contributed by atoms with Crippen molar-refractivity contribution in [3.63, 3.8) is 0 Å². The molecule has 0 radical (unpaired) electrons. The van der Waals surface area contributed by atoms with Crippen LogP contribution in [0.15, 0.2) is 0 Å². The number of rotatable bonds is 3. The molecule has 2 saturated heterocycles. The summed E-state index contributed by atoms with van der Waals surface area (Å²) in [6.45, 7) is 7.05. The summed E-state index contributed by atoms with van der Waals surface area (Å²) in [5, 5.41) is 3.91. The van der Waals surface area contributed by atoms with Crippen LogP contribution in [0.5, 0.6) is 0 Å². The number of carbonyl (C=O) groups excluding carboxylic acids is 2. The quantitative estimate of drug-likeness (QED) is 0.827. The van der Waals surface area contributed by atoms with Crippen molar-refractivity contribution in [2.24, 2.45) is 0 Å². The number of hydrogen-bond acceptors (Lipinski definition) is 4. The normalized spacial score (nSPS) is 24.1. The number of piperidine rings is 1. The molecule has 2 aliphatic heterocycles. The van der Waals surface area contributed by atoms with E-state index < -0.39 is 5.54 Å². The van der Waals surface area contributed by atoms with Gasteiger partial charge in [-0.2, -0.15) is 0 Å². The molecule has 2 heterocycles. The molecule has 2 fully saturated rings. The SMILES string of the molecule is CN1CCN(C(=O)CSC2CCNCC2)C(C)(C)C1=O. The van der Waals surface area contributed by atoms with Gasteiger partial charge in [0.05, 0.1) is 5.75 Å². The fraction of sp³-hybridized carbons (Fsp3) is 0.857. The van der Waals surface area contributed by atoms with Gasteiger partial charge in [-0.1, -0.05) is 0 Å². The molecule has 0 aromatic heterocycles. The maximum atomic E-state index is 12.4. The first-order chi connectivity index (χ1) is 9.43. The summed E-state index contributed by atoms with van der Waals surface area (Å²) in [4.78, 5) is 28.1. The van der Waals surface area contributed by atoms with Crippen molar-refractivity contribution in [2.45, 2.75) is 37.5 Å². The van der Waals surface area contributed by atoms with Crippen molar-refractivity contribution < 1.29 is 9.59 Å². The molecule has 0 atom stereocenters. The Morgan fingerprint density at radius 3 is 2.65 bits per heavy atom. The van der Waals surface area contributed by atoms with Crippen LogP contribution < -0.4 is 5.32 Å². The topological polar surface area (TPSA) is 52.6 Å². The van der Waals surface area contributed by atoms with E-state index in [1.54, 1.807) is 28.6 Å². The highest BCUT2D eigenvalue weighted by Gasteiger charge is 2.42. The molecule has 2 amide bonds. The lowest BCUT2D eigenvalue weighted by Gasteiger charge is -2.44. The second kappa shape index (κ2) is 6.35. The van der Waals surface area contributed by atoms with E-state index in [1.165, 1.54) is 0 Å². The Hall–Kier alpha value is -0.750. The average molecular weight is 299 g/mol. The largest absolute Gasteiger partial charge is 0.342 e. The van der Waals surface area contributed by atoms with Crippen LogP contribution in [0, 0.1) is 0 Å². The van der Waals surface area contributed by atoms with Gasteiger partial charge in [-0.05, 0) is 39.8 Å². The van der Waals surface area contributed by atoms with Crippen molar-refractivity contribution in [3.8, 4) is 0 Å². The minimum absolute atomic E-state index is 0.0315. The van der Waals surface area contributed by atoms with Gasteiger partial charge in [0.15, 0.2) is 0 Å². The molecule has 0 bridgehead atoms. The molecular formula is C14H25N3O2S. The zero-order chi connectivity index (χ0) is 14.8. The molecule has 6 heteroatoms. The number of piperazine rings is 1. The van der Waals surface area contributed by atoms with Gasteiger partial charge in [-0.15, -0.1) is 11.8 Å². The first-order valence-electron chi connectivity index (χ1n) is 7.31. The molecule has 2 aliphatic rings. The molecule has 0 saturated carbocycles. The van der Waals surface area contributed by atoms with Gasteiger partial charge in [-0.25, -0.2) is 0 Å². The highest BCUT2D eigenvalue weighted by atomic mass is 32.2. The van der Waals surface area contributed by atoms with Crippen LogP contribution in [0.2, 0.25) is 0 Å². The van der Waals surface area contributed by atoms with Crippen LogP contribution in [-0.2, 0) is 9.59 Å². The van der Waals surface area contributed by atoms with Crippen LogP contribution in [0.25, 0.3) is 0 Å². The predicted molar refractivity (Wildman–Crippen MR) is 81.8 cm³/mol. The van der Waals surface area contributed by atoms with E-state index in [4.69, 9.17) is 0 Å². The number of thioether (sulfide) groups is 1. The zero-order valence-corrected chi connectivity index (χ0v) is 13.5. The Morgan fingerprint density at radius 1 is 1.35 bits per heavy atom. The van der Waals surface area contributed by atoms with E-state index in [2.05, 4.69) is 5.32 Å². The lowest BCUT2D eigenvalue weighted by atomic mass is 9.98. The Balaban J connectivity index is 1.89. The van der Waals surface area contributed by atoms with Gasteiger partial charge >= 0.3 is 0 Å². The average Bonchev–Trinajstić information content (AvgIpc) is 2.43. The summed E-state index contributed by atoms with van der Waals surface area (Å²) in [6, 6.07) is 0. The van der Waals surface area contributed by atoms with Crippen molar-refractivity contribution in [2.75, 3.05) is 39.0 Å². The standard InChI is InChI=1S/C14H25N3O2S/c1-14(2)13(19)16(3)8-9-17(14)12(18)10-20-11-4-6-15-7-5-11/h11,15H,4-10H2,1-3H3. The third-order valence-corrected chi connectivity index (χ3v) is 5.59. The number of carbonyl (C=O) groups is 2. The monoisotopic (exact) mass is 299 g/mol. The number of nitrogens with zero attached hydrogens (tertiary/aromatic N) is 2. The highest BCUT2D eigenvalue weighted by molar-refractivity contribution is 8.00. The Labute approximate surface area is 125 Å². The van der Waals surface area contributed by atoms with Crippen LogP contribution in [-0.4, -0.2) is 71.4 Å². The van der Waals surface area contributed by atoms with Crippen molar-refractivity contribution in [3.05, 3.63) is 0 Å². The van der Waals surface area contributed by atoms with Crippen LogP contribution >= 0.6 is 11.8 Å². The molecule has 0 aliphatic carbocycles. The molecule has 1 N–H and O–H groups in total. The van der Waals surface area contributed by atoms with Gasteiger partial charge in [0.2, 0.25) is 11.8 Å². The van der Waals surface area contributed by atoms with E-state index in [-0.39, 0.29) is 11.8 Å². The van der Waals surface area contributed by atoms with Crippen molar-refractivity contribution in [1.82, 2.24) is 15.1 Å². The third-order valence-electron chi connectivity index (χ3n) is 4.23. The van der Waals surface area contributed by atoms with Crippen LogP contribution in [0.3, 0.4) is 0 Å². The highest BCUT2D eigenvalue weighted by Crippen LogP contribution is 2.25. The van der Waals surface area contributed by atoms with Crippen LogP contribution in [0.4, 0.5) is 0 Å². The molecule has 0 spiro atoms. The van der Waals surface area contributed by atoms with Gasteiger partial charge in [0.25, 0.3) is 0 Å². The lowest BCUT2D eigenvalue weighted by molar-refractivity contribution is -0.155. The second-order valence-corrected chi connectivity index (χ2v) is 7.38. The van der Waals surface area contributed by atoms with Gasteiger partial charge in [-0.3, -0.25) is 9.59 Å². The van der Waals surface area contributed by atoms with Crippen molar-refractivity contribution >= 4 is 23.6 Å². The number of hydrogen-bond donors (Lipinski definition) is 1. The van der Waals surface area contributed by atoms with Crippen LogP contribution in [0.1, 0.15) is 26.7 Å². The molecule has 20 heavy (non-hydrogen) atoms. The molecular weight excluding hydrogens is 274 g/mol. The van der Waals surface area contributed by atoms with Crippen molar-refractivity contribution in [1.29, 1.82) is 0 Å². The summed E-state index contributed by atoms with van der Waals surface area (Å²) in [7, 11) is 1.80. The van der Waals surface area contributed by atoms with Gasteiger partial charge in [0, 0.05) is 25.4 Å². The molecule has 0 aromatic carbocycles. The number of nitrogens with one attached hydrogen (secondary N) is 1. The van der Waals surface area contributed by atoms with E-state index in [9.17, 15) is 9.59 Å². The lowest BCUT2D eigenvalue weighted by Crippen LogP contribution is -2.64. The number of amides is 2. The minimum Gasteiger partial charge on any atom is -0.342 e. The van der Waals surface area contributed by atoms with E-state index in [1.807, 2.05) is 13.8 Å².